The van der Waals surface area contributed by atoms with Crippen LogP contribution in [0.5, 0.6) is 5.75 Å². The molecule has 0 saturated heterocycles. The van der Waals surface area contributed by atoms with Gasteiger partial charge in [0.25, 0.3) is 0 Å². The van der Waals surface area contributed by atoms with E-state index in [2.05, 4.69) is 18.1 Å². The first kappa shape index (κ1) is 17.1. The zero-order valence-corrected chi connectivity index (χ0v) is 13.7. The highest BCUT2D eigenvalue weighted by atomic mass is 32.2. The summed E-state index contributed by atoms with van der Waals surface area (Å²) >= 11 is 1.82. The number of rotatable bonds is 9. The first-order valence-corrected chi connectivity index (χ1v) is 8.46. The van der Waals surface area contributed by atoms with E-state index < -0.39 is 0 Å². The first-order chi connectivity index (χ1) is 9.62. The molecule has 1 aromatic carbocycles. The zero-order valence-electron chi connectivity index (χ0n) is 12.9. The fraction of sp³-hybridized carbons (Fsp3) is 0.562. The predicted octanol–water partition coefficient (Wildman–Crippen LogP) is 3.34. The highest BCUT2D eigenvalue weighted by Gasteiger charge is 2.16. The molecular weight excluding hydrogens is 270 g/mol. The largest absolute Gasteiger partial charge is 0.494 e. The molecule has 0 aliphatic rings. The Morgan fingerprint density at radius 3 is 2.45 bits per heavy atom. The molecule has 0 saturated carbocycles. The van der Waals surface area contributed by atoms with Gasteiger partial charge in [-0.05, 0) is 50.9 Å². The molecule has 1 atom stereocenters. The van der Waals surface area contributed by atoms with Crippen molar-refractivity contribution in [3.8, 4) is 5.75 Å². The van der Waals surface area contributed by atoms with Gasteiger partial charge in [-0.1, -0.05) is 6.92 Å². The first-order valence-electron chi connectivity index (χ1n) is 7.07. The van der Waals surface area contributed by atoms with Gasteiger partial charge in [0.2, 0.25) is 0 Å². The maximum Gasteiger partial charge on any atom is 0.176 e. The van der Waals surface area contributed by atoms with Gasteiger partial charge < -0.3 is 4.74 Å². The van der Waals surface area contributed by atoms with Crippen molar-refractivity contribution in [2.75, 3.05) is 32.2 Å². The fourth-order valence-corrected chi connectivity index (χ4v) is 2.97. The smallest absolute Gasteiger partial charge is 0.176 e. The van der Waals surface area contributed by atoms with E-state index in [1.165, 1.54) is 0 Å². The van der Waals surface area contributed by atoms with Gasteiger partial charge in [0.05, 0.1) is 13.2 Å². The lowest BCUT2D eigenvalue weighted by Gasteiger charge is -2.25. The number of ketones is 1. The van der Waals surface area contributed by atoms with Gasteiger partial charge in [-0.2, -0.15) is 11.8 Å². The summed E-state index contributed by atoms with van der Waals surface area (Å²) in [7, 11) is 2.02. The van der Waals surface area contributed by atoms with Gasteiger partial charge in [0, 0.05) is 17.4 Å². The van der Waals surface area contributed by atoms with E-state index in [1.807, 2.05) is 50.0 Å². The van der Waals surface area contributed by atoms with Crippen LogP contribution >= 0.6 is 11.8 Å². The van der Waals surface area contributed by atoms with Crippen LogP contribution in [0.25, 0.3) is 0 Å². The Bertz CT molecular complexity index is 405. The fourth-order valence-electron chi connectivity index (χ4n) is 2.10. The van der Waals surface area contributed by atoms with E-state index in [9.17, 15) is 4.79 Å². The van der Waals surface area contributed by atoms with E-state index in [0.29, 0.717) is 19.2 Å². The second kappa shape index (κ2) is 9.03. The highest BCUT2D eigenvalue weighted by molar-refractivity contribution is 7.98. The third-order valence-corrected chi connectivity index (χ3v) is 4.05. The van der Waals surface area contributed by atoms with Gasteiger partial charge in [-0.15, -0.1) is 0 Å². The van der Waals surface area contributed by atoms with Crippen LogP contribution in [-0.4, -0.2) is 48.9 Å². The number of likely N-dealkylation sites (N-methyl/N-ethyl adjacent to an activating group) is 1. The highest BCUT2D eigenvalue weighted by Crippen LogP contribution is 2.14. The molecule has 0 bridgehead atoms. The molecule has 0 N–H and O–H groups in total. The van der Waals surface area contributed by atoms with Crippen LogP contribution in [-0.2, 0) is 0 Å². The SMILES string of the molecule is CCOc1ccc(C(=O)CN(C)C(CC)CSC)cc1. The van der Waals surface area contributed by atoms with E-state index in [-0.39, 0.29) is 5.78 Å². The molecule has 0 heterocycles. The number of thioether (sulfide) groups is 1. The number of ether oxygens (including phenoxy) is 1. The topological polar surface area (TPSA) is 29.5 Å². The van der Waals surface area contributed by atoms with Gasteiger partial charge in [0.15, 0.2) is 5.78 Å². The third kappa shape index (κ3) is 5.17. The lowest BCUT2D eigenvalue weighted by Crippen LogP contribution is -2.37. The second-order valence-corrected chi connectivity index (χ2v) is 5.72. The molecule has 20 heavy (non-hydrogen) atoms. The van der Waals surface area contributed by atoms with Crippen LogP contribution in [0.3, 0.4) is 0 Å². The molecule has 0 fully saturated rings. The molecule has 1 rings (SSSR count). The average molecular weight is 295 g/mol. The van der Waals surface area contributed by atoms with Crippen molar-refractivity contribution in [3.05, 3.63) is 29.8 Å². The minimum atomic E-state index is 0.162. The molecule has 0 aliphatic heterocycles. The van der Waals surface area contributed by atoms with Crippen LogP contribution in [0.1, 0.15) is 30.6 Å². The van der Waals surface area contributed by atoms with Crippen LogP contribution in [0.2, 0.25) is 0 Å². The number of hydrogen-bond donors (Lipinski definition) is 0. The van der Waals surface area contributed by atoms with Gasteiger partial charge in [-0.25, -0.2) is 0 Å². The minimum absolute atomic E-state index is 0.162. The Hall–Kier alpha value is -1.00. The van der Waals surface area contributed by atoms with Crippen molar-refractivity contribution in [3.63, 3.8) is 0 Å². The Kier molecular flexibility index (Phi) is 7.70. The summed E-state index contributed by atoms with van der Waals surface area (Å²) < 4.78 is 5.38. The summed E-state index contributed by atoms with van der Waals surface area (Å²) in [6.45, 7) is 5.22. The zero-order chi connectivity index (χ0) is 15.0. The quantitative estimate of drug-likeness (QED) is 0.654. The molecule has 0 amide bonds. The number of nitrogens with zero attached hydrogens (tertiary/aromatic N) is 1. The average Bonchev–Trinajstić information content (AvgIpc) is 2.45. The molecule has 1 unspecified atom stereocenters. The van der Waals surface area contributed by atoms with Crippen molar-refractivity contribution in [1.29, 1.82) is 0 Å². The van der Waals surface area contributed by atoms with Crippen LogP contribution in [0.4, 0.5) is 0 Å². The molecule has 1 aromatic rings. The number of carbonyl (C=O) groups excluding carboxylic acids is 1. The summed E-state index contributed by atoms with van der Waals surface area (Å²) in [6, 6.07) is 7.86. The summed E-state index contributed by atoms with van der Waals surface area (Å²) in [5, 5.41) is 0. The van der Waals surface area contributed by atoms with Crippen molar-refractivity contribution in [1.82, 2.24) is 4.90 Å². The molecule has 0 aromatic heterocycles. The minimum Gasteiger partial charge on any atom is -0.494 e. The van der Waals surface area contributed by atoms with Crippen LogP contribution in [0.15, 0.2) is 24.3 Å². The van der Waals surface area contributed by atoms with Crippen molar-refractivity contribution in [2.45, 2.75) is 26.3 Å². The summed E-state index contributed by atoms with van der Waals surface area (Å²) in [5.74, 6) is 2.03. The monoisotopic (exact) mass is 295 g/mol. The molecule has 112 valence electrons. The molecule has 4 heteroatoms. The summed E-state index contributed by atoms with van der Waals surface area (Å²) in [4.78, 5) is 14.4. The number of carbonyl (C=O) groups is 1. The molecule has 3 nitrogen and oxygen atoms in total. The Morgan fingerprint density at radius 1 is 1.30 bits per heavy atom. The van der Waals surface area contributed by atoms with E-state index in [4.69, 9.17) is 4.74 Å². The molecule has 0 aliphatic carbocycles. The summed E-state index contributed by atoms with van der Waals surface area (Å²) in [5.41, 5.74) is 0.749. The Balaban J connectivity index is 2.61. The molecule has 0 spiro atoms. The van der Waals surface area contributed by atoms with E-state index >= 15 is 0 Å². The number of benzene rings is 1. The van der Waals surface area contributed by atoms with Gasteiger partial charge in [-0.3, -0.25) is 9.69 Å². The van der Waals surface area contributed by atoms with Crippen molar-refractivity contribution < 1.29 is 9.53 Å². The normalized spacial score (nSPS) is 12.4. The third-order valence-electron chi connectivity index (χ3n) is 3.33. The van der Waals surface area contributed by atoms with Crippen LogP contribution < -0.4 is 4.74 Å². The Morgan fingerprint density at radius 2 is 1.95 bits per heavy atom. The molecular formula is C16H25NO2S. The van der Waals surface area contributed by atoms with Gasteiger partial charge in [0.1, 0.15) is 5.75 Å². The maximum absolute atomic E-state index is 12.3. The van der Waals surface area contributed by atoms with Gasteiger partial charge >= 0.3 is 0 Å². The summed E-state index contributed by atoms with van der Waals surface area (Å²) in [6.07, 6.45) is 3.17. The molecule has 0 radical (unpaired) electrons. The van der Waals surface area contributed by atoms with Crippen molar-refractivity contribution in [2.24, 2.45) is 0 Å². The second-order valence-electron chi connectivity index (χ2n) is 4.81. The van der Waals surface area contributed by atoms with E-state index in [0.717, 1.165) is 23.5 Å². The Labute approximate surface area is 126 Å². The lowest BCUT2D eigenvalue weighted by molar-refractivity contribution is 0.0925. The van der Waals surface area contributed by atoms with E-state index in [1.54, 1.807) is 0 Å². The number of Topliss-reactive ketones (excluding diaryl/α,β-unsaturated/α-hetero) is 1. The van der Waals surface area contributed by atoms with Crippen LogP contribution in [0, 0.1) is 0 Å². The standard InChI is InChI=1S/C16H25NO2S/c1-5-14(12-20-4)17(3)11-16(18)13-7-9-15(10-8-13)19-6-2/h7-10,14H,5-6,11-12H2,1-4H3. The number of hydrogen-bond acceptors (Lipinski definition) is 4. The predicted molar refractivity (Wildman–Crippen MR) is 87.0 cm³/mol. The lowest BCUT2D eigenvalue weighted by atomic mass is 10.1. The van der Waals surface area contributed by atoms with Crippen molar-refractivity contribution >= 4 is 17.5 Å². The maximum atomic E-state index is 12.3.